The molecule has 0 aliphatic rings. The van der Waals surface area contributed by atoms with Crippen molar-refractivity contribution >= 4 is 0 Å². The van der Waals surface area contributed by atoms with Crippen LogP contribution in [0.1, 0.15) is 29.7 Å². The Hall–Kier alpha value is -2.00. The molecule has 3 heteroatoms. The number of methoxy groups -OCH3 is 2. The minimum atomic E-state index is -0.702. The van der Waals surface area contributed by atoms with Crippen molar-refractivity contribution in [2.24, 2.45) is 0 Å². The third-order valence-electron chi connectivity index (χ3n) is 3.47. The first-order chi connectivity index (χ1) is 9.71. The topological polar surface area (TPSA) is 38.7 Å². The summed E-state index contributed by atoms with van der Waals surface area (Å²) in [4.78, 5) is 0. The van der Waals surface area contributed by atoms with Gasteiger partial charge in [0.05, 0.1) is 14.2 Å². The molecule has 20 heavy (non-hydrogen) atoms. The van der Waals surface area contributed by atoms with Gasteiger partial charge in [0.25, 0.3) is 0 Å². The van der Waals surface area contributed by atoms with Gasteiger partial charge in [-0.25, -0.2) is 0 Å². The lowest BCUT2D eigenvalue weighted by Gasteiger charge is -2.18. The van der Waals surface area contributed by atoms with Gasteiger partial charge in [-0.3, -0.25) is 0 Å². The number of benzene rings is 2. The maximum absolute atomic E-state index is 10.7. The molecule has 1 unspecified atom stereocenters. The molecule has 2 aromatic rings. The predicted molar refractivity (Wildman–Crippen MR) is 79.4 cm³/mol. The largest absolute Gasteiger partial charge is 0.497 e. The van der Waals surface area contributed by atoms with Gasteiger partial charge in [0.1, 0.15) is 17.6 Å². The fraction of sp³-hybridized carbons (Fsp3) is 0.294. The Bertz CT molecular complexity index is 578. The Balaban J connectivity index is 2.45. The molecule has 0 spiro atoms. The minimum absolute atomic E-state index is 0.628. The van der Waals surface area contributed by atoms with Gasteiger partial charge in [-0.1, -0.05) is 31.2 Å². The summed E-state index contributed by atoms with van der Waals surface area (Å²) in [6.07, 6.45) is 0.179. The summed E-state index contributed by atoms with van der Waals surface area (Å²) in [7, 11) is 3.20. The van der Waals surface area contributed by atoms with E-state index in [1.807, 2.05) is 36.4 Å². The highest BCUT2D eigenvalue weighted by Gasteiger charge is 2.18. The molecule has 0 aliphatic carbocycles. The highest BCUT2D eigenvalue weighted by molar-refractivity contribution is 5.46. The molecule has 3 nitrogen and oxygen atoms in total. The summed E-state index contributed by atoms with van der Waals surface area (Å²) >= 11 is 0. The van der Waals surface area contributed by atoms with E-state index in [-0.39, 0.29) is 0 Å². The van der Waals surface area contributed by atoms with E-state index >= 15 is 0 Å². The molecule has 2 aromatic carbocycles. The van der Waals surface area contributed by atoms with Crippen molar-refractivity contribution in [2.75, 3.05) is 14.2 Å². The number of aliphatic hydroxyl groups is 1. The van der Waals surface area contributed by atoms with Gasteiger partial charge in [-0.2, -0.15) is 0 Å². The zero-order valence-corrected chi connectivity index (χ0v) is 12.1. The molecule has 0 bridgehead atoms. The molecule has 0 aliphatic heterocycles. The van der Waals surface area contributed by atoms with Crippen molar-refractivity contribution in [2.45, 2.75) is 19.4 Å². The third-order valence-corrected chi connectivity index (χ3v) is 3.47. The smallest absolute Gasteiger partial charge is 0.128 e. The van der Waals surface area contributed by atoms with Crippen molar-refractivity contribution in [3.05, 3.63) is 59.2 Å². The van der Waals surface area contributed by atoms with Gasteiger partial charge >= 0.3 is 0 Å². The van der Waals surface area contributed by atoms with Gasteiger partial charge < -0.3 is 14.6 Å². The summed E-state index contributed by atoms with van der Waals surface area (Å²) in [6, 6.07) is 13.4. The maximum atomic E-state index is 10.7. The van der Waals surface area contributed by atoms with E-state index in [1.165, 1.54) is 0 Å². The Morgan fingerprint density at radius 3 is 2.40 bits per heavy atom. The fourth-order valence-corrected chi connectivity index (χ4v) is 2.33. The second kappa shape index (κ2) is 6.44. The van der Waals surface area contributed by atoms with E-state index in [0.717, 1.165) is 23.1 Å². The van der Waals surface area contributed by atoms with Crippen molar-refractivity contribution < 1.29 is 14.6 Å². The lowest BCUT2D eigenvalue weighted by Crippen LogP contribution is -2.05. The van der Waals surface area contributed by atoms with Crippen LogP contribution < -0.4 is 9.47 Å². The van der Waals surface area contributed by atoms with Crippen molar-refractivity contribution in [1.82, 2.24) is 0 Å². The van der Waals surface area contributed by atoms with E-state index in [2.05, 4.69) is 6.92 Å². The molecule has 2 rings (SSSR count). The third kappa shape index (κ3) is 2.78. The van der Waals surface area contributed by atoms with Gasteiger partial charge in [0.15, 0.2) is 0 Å². The Kier molecular flexibility index (Phi) is 4.64. The van der Waals surface area contributed by atoms with E-state index < -0.39 is 6.10 Å². The summed E-state index contributed by atoms with van der Waals surface area (Å²) in [5, 5.41) is 10.7. The molecular weight excluding hydrogens is 252 g/mol. The fourth-order valence-electron chi connectivity index (χ4n) is 2.33. The zero-order valence-electron chi connectivity index (χ0n) is 12.1. The molecule has 0 amide bonds. The molecule has 0 heterocycles. The molecular formula is C17H20O3. The molecule has 0 fully saturated rings. The number of rotatable bonds is 5. The second-order valence-electron chi connectivity index (χ2n) is 4.56. The molecule has 0 radical (unpaired) electrons. The average Bonchev–Trinajstić information content (AvgIpc) is 2.53. The number of hydrogen-bond acceptors (Lipinski definition) is 3. The monoisotopic (exact) mass is 272 g/mol. The minimum Gasteiger partial charge on any atom is -0.497 e. The van der Waals surface area contributed by atoms with Gasteiger partial charge in [0.2, 0.25) is 0 Å². The molecule has 1 N–H and O–H groups in total. The number of aliphatic hydroxyl groups excluding tert-OH is 1. The molecule has 106 valence electrons. The van der Waals surface area contributed by atoms with E-state index in [0.29, 0.717) is 11.5 Å². The van der Waals surface area contributed by atoms with Crippen LogP contribution in [-0.4, -0.2) is 19.3 Å². The molecule has 0 saturated carbocycles. The molecule has 0 saturated heterocycles. The first-order valence-corrected chi connectivity index (χ1v) is 6.69. The maximum Gasteiger partial charge on any atom is 0.128 e. The molecule has 0 aromatic heterocycles. The summed E-state index contributed by atoms with van der Waals surface area (Å²) in [6.45, 7) is 2.08. The number of aryl methyl sites for hydroxylation is 1. The normalized spacial score (nSPS) is 12.0. The SMILES string of the molecule is CCc1ccccc1C(O)c1ccc(OC)cc1OC. The van der Waals surface area contributed by atoms with Crippen molar-refractivity contribution in [1.29, 1.82) is 0 Å². The molecule has 1 atom stereocenters. The van der Waals surface area contributed by atoms with Crippen LogP contribution in [0.15, 0.2) is 42.5 Å². The Morgan fingerprint density at radius 2 is 1.75 bits per heavy atom. The van der Waals surface area contributed by atoms with Gasteiger partial charge in [-0.05, 0) is 29.7 Å². The zero-order chi connectivity index (χ0) is 14.5. The van der Waals surface area contributed by atoms with Crippen LogP contribution in [0.4, 0.5) is 0 Å². The van der Waals surface area contributed by atoms with Crippen LogP contribution in [0.2, 0.25) is 0 Å². The van der Waals surface area contributed by atoms with Crippen LogP contribution in [0.5, 0.6) is 11.5 Å². The highest BCUT2D eigenvalue weighted by atomic mass is 16.5. The quantitative estimate of drug-likeness (QED) is 0.907. The van der Waals surface area contributed by atoms with Gasteiger partial charge in [-0.15, -0.1) is 0 Å². The number of hydrogen-bond donors (Lipinski definition) is 1. The summed E-state index contributed by atoms with van der Waals surface area (Å²) < 4.78 is 10.5. The van der Waals surface area contributed by atoms with Crippen molar-refractivity contribution in [3.8, 4) is 11.5 Å². The van der Waals surface area contributed by atoms with Crippen LogP contribution in [0, 0.1) is 0 Å². The van der Waals surface area contributed by atoms with Crippen LogP contribution in [0.3, 0.4) is 0 Å². The van der Waals surface area contributed by atoms with Crippen LogP contribution in [0.25, 0.3) is 0 Å². The second-order valence-corrected chi connectivity index (χ2v) is 4.56. The predicted octanol–water partition coefficient (Wildman–Crippen LogP) is 3.35. The number of ether oxygens (including phenoxy) is 2. The first kappa shape index (κ1) is 14.4. The summed E-state index contributed by atoms with van der Waals surface area (Å²) in [5.41, 5.74) is 2.80. The van der Waals surface area contributed by atoms with Crippen LogP contribution in [-0.2, 0) is 6.42 Å². The highest BCUT2D eigenvalue weighted by Crippen LogP contribution is 2.34. The standard InChI is InChI=1S/C17H20O3/c1-4-12-7-5-6-8-14(12)17(18)15-10-9-13(19-2)11-16(15)20-3/h5-11,17-18H,4H2,1-3H3. The van der Waals surface area contributed by atoms with E-state index in [4.69, 9.17) is 9.47 Å². The average molecular weight is 272 g/mol. The van der Waals surface area contributed by atoms with Gasteiger partial charge in [0, 0.05) is 11.6 Å². The van der Waals surface area contributed by atoms with Crippen molar-refractivity contribution in [3.63, 3.8) is 0 Å². The van der Waals surface area contributed by atoms with E-state index in [1.54, 1.807) is 20.3 Å². The van der Waals surface area contributed by atoms with Crippen LogP contribution >= 0.6 is 0 Å². The Morgan fingerprint density at radius 1 is 1.00 bits per heavy atom. The lowest BCUT2D eigenvalue weighted by molar-refractivity contribution is 0.213. The first-order valence-electron chi connectivity index (χ1n) is 6.69. The lowest BCUT2D eigenvalue weighted by atomic mass is 9.95. The summed E-state index contributed by atoms with van der Waals surface area (Å²) in [5.74, 6) is 1.34. The Labute approximate surface area is 119 Å². The van der Waals surface area contributed by atoms with E-state index in [9.17, 15) is 5.11 Å².